The number of anilines is 1. The standard InChI is InChI=1S/C18H17NO3/c1-22-18(21)13-7-9-16(10-8-13)19-17(20)15-6-5-12-3-2-4-14(12)11-15/h5-11H,2-4H2,1H3,(H,19,20). The van der Waals surface area contributed by atoms with Crippen LogP contribution >= 0.6 is 0 Å². The molecule has 0 spiro atoms. The molecule has 0 unspecified atom stereocenters. The van der Waals surface area contributed by atoms with Crippen molar-refractivity contribution in [1.29, 1.82) is 0 Å². The van der Waals surface area contributed by atoms with Gasteiger partial charge in [-0.25, -0.2) is 4.79 Å². The van der Waals surface area contributed by atoms with Crippen molar-refractivity contribution in [3.8, 4) is 0 Å². The van der Waals surface area contributed by atoms with E-state index in [4.69, 9.17) is 0 Å². The van der Waals surface area contributed by atoms with E-state index >= 15 is 0 Å². The molecule has 2 aromatic carbocycles. The Morgan fingerprint density at radius 2 is 1.64 bits per heavy atom. The molecular weight excluding hydrogens is 278 g/mol. The second-order valence-corrected chi connectivity index (χ2v) is 5.36. The van der Waals surface area contributed by atoms with Gasteiger partial charge in [0.1, 0.15) is 0 Å². The lowest BCUT2D eigenvalue weighted by Gasteiger charge is -2.08. The maximum absolute atomic E-state index is 12.3. The number of ether oxygens (including phenoxy) is 1. The molecular formula is C18H17NO3. The van der Waals surface area contributed by atoms with Gasteiger partial charge in [0.05, 0.1) is 12.7 Å². The van der Waals surface area contributed by atoms with Crippen LogP contribution in [0.2, 0.25) is 0 Å². The van der Waals surface area contributed by atoms with Crippen molar-refractivity contribution < 1.29 is 14.3 Å². The average molecular weight is 295 g/mol. The molecule has 0 fully saturated rings. The van der Waals surface area contributed by atoms with Gasteiger partial charge in [0, 0.05) is 11.3 Å². The Morgan fingerprint density at radius 3 is 2.36 bits per heavy atom. The molecule has 4 heteroatoms. The minimum absolute atomic E-state index is 0.138. The highest BCUT2D eigenvalue weighted by Gasteiger charge is 2.14. The number of aryl methyl sites for hydroxylation is 2. The number of benzene rings is 2. The lowest BCUT2D eigenvalue weighted by molar-refractivity contribution is 0.0600. The second kappa shape index (κ2) is 6.02. The third-order valence-corrected chi connectivity index (χ3v) is 3.92. The molecule has 2 aromatic rings. The summed E-state index contributed by atoms with van der Waals surface area (Å²) < 4.78 is 4.64. The van der Waals surface area contributed by atoms with Crippen LogP contribution in [0.3, 0.4) is 0 Å². The molecule has 1 aliphatic rings. The summed E-state index contributed by atoms with van der Waals surface area (Å²) in [6.45, 7) is 0. The van der Waals surface area contributed by atoms with Crippen LogP contribution in [0.1, 0.15) is 38.3 Å². The smallest absolute Gasteiger partial charge is 0.337 e. The Labute approximate surface area is 129 Å². The number of amides is 1. The van der Waals surface area contributed by atoms with Crippen molar-refractivity contribution >= 4 is 17.6 Å². The number of carbonyl (C=O) groups excluding carboxylic acids is 2. The first kappa shape index (κ1) is 14.3. The Kier molecular flexibility index (Phi) is 3.92. The summed E-state index contributed by atoms with van der Waals surface area (Å²) in [7, 11) is 1.34. The van der Waals surface area contributed by atoms with Gasteiger partial charge in [0.15, 0.2) is 0 Å². The normalized spacial score (nSPS) is 12.6. The number of rotatable bonds is 3. The summed E-state index contributed by atoms with van der Waals surface area (Å²) in [4.78, 5) is 23.7. The minimum atomic E-state index is -0.392. The predicted molar refractivity (Wildman–Crippen MR) is 84.2 cm³/mol. The molecule has 3 rings (SSSR count). The van der Waals surface area contributed by atoms with Gasteiger partial charge >= 0.3 is 5.97 Å². The highest BCUT2D eigenvalue weighted by Crippen LogP contribution is 2.23. The van der Waals surface area contributed by atoms with Gasteiger partial charge in [-0.1, -0.05) is 6.07 Å². The van der Waals surface area contributed by atoms with Crippen LogP contribution in [0, 0.1) is 0 Å². The zero-order valence-corrected chi connectivity index (χ0v) is 12.4. The molecule has 0 bridgehead atoms. The first-order valence-electron chi connectivity index (χ1n) is 7.29. The van der Waals surface area contributed by atoms with Gasteiger partial charge in [-0.05, 0) is 66.8 Å². The molecule has 4 nitrogen and oxygen atoms in total. The number of carbonyl (C=O) groups is 2. The van der Waals surface area contributed by atoms with E-state index in [1.54, 1.807) is 24.3 Å². The molecule has 1 aliphatic carbocycles. The van der Waals surface area contributed by atoms with Crippen LogP contribution in [0.25, 0.3) is 0 Å². The second-order valence-electron chi connectivity index (χ2n) is 5.36. The summed E-state index contributed by atoms with van der Waals surface area (Å²) in [5.74, 6) is -0.531. The van der Waals surface area contributed by atoms with E-state index in [1.807, 2.05) is 18.2 Å². The molecule has 22 heavy (non-hydrogen) atoms. The Bertz CT molecular complexity index is 720. The van der Waals surface area contributed by atoms with Crippen LogP contribution in [-0.2, 0) is 17.6 Å². The molecule has 1 N–H and O–H groups in total. The maximum Gasteiger partial charge on any atom is 0.337 e. The van der Waals surface area contributed by atoms with E-state index in [1.165, 1.54) is 18.2 Å². The Balaban J connectivity index is 1.72. The summed E-state index contributed by atoms with van der Waals surface area (Å²) in [6, 6.07) is 12.5. The highest BCUT2D eigenvalue weighted by molar-refractivity contribution is 6.04. The lowest BCUT2D eigenvalue weighted by Crippen LogP contribution is -2.12. The third kappa shape index (κ3) is 2.86. The van der Waals surface area contributed by atoms with Crippen molar-refractivity contribution in [3.05, 3.63) is 64.7 Å². The topological polar surface area (TPSA) is 55.4 Å². The van der Waals surface area contributed by atoms with Crippen LogP contribution in [0.4, 0.5) is 5.69 Å². The molecule has 0 radical (unpaired) electrons. The van der Waals surface area contributed by atoms with Crippen LogP contribution < -0.4 is 5.32 Å². The summed E-state index contributed by atoms with van der Waals surface area (Å²) in [6.07, 6.45) is 3.31. The SMILES string of the molecule is COC(=O)c1ccc(NC(=O)c2ccc3c(c2)CCC3)cc1. The van der Waals surface area contributed by atoms with E-state index in [0.29, 0.717) is 16.8 Å². The molecule has 0 saturated heterocycles. The van der Waals surface area contributed by atoms with Crippen LogP contribution in [-0.4, -0.2) is 19.0 Å². The highest BCUT2D eigenvalue weighted by atomic mass is 16.5. The quantitative estimate of drug-likeness (QED) is 0.885. The number of hydrogen-bond acceptors (Lipinski definition) is 3. The van der Waals surface area contributed by atoms with Crippen molar-refractivity contribution in [3.63, 3.8) is 0 Å². The van der Waals surface area contributed by atoms with Gasteiger partial charge in [0.25, 0.3) is 5.91 Å². The predicted octanol–water partition coefficient (Wildman–Crippen LogP) is 3.21. The maximum atomic E-state index is 12.3. The fourth-order valence-electron chi connectivity index (χ4n) is 2.72. The number of esters is 1. The van der Waals surface area contributed by atoms with Crippen molar-refractivity contribution in [2.24, 2.45) is 0 Å². The van der Waals surface area contributed by atoms with Gasteiger partial charge in [0.2, 0.25) is 0 Å². The fourth-order valence-corrected chi connectivity index (χ4v) is 2.72. The van der Waals surface area contributed by atoms with Crippen molar-refractivity contribution in [2.75, 3.05) is 12.4 Å². The zero-order valence-electron chi connectivity index (χ0n) is 12.4. The van der Waals surface area contributed by atoms with E-state index in [-0.39, 0.29) is 5.91 Å². The first-order chi connectivity index (χ1) is 10.7. The molecule has 0 heterocycles. The van der Waals surface area contributed by atoms with E-state index < -0.39 is 5.97 Å². The molecule has 0 aromatic heterocycles. The fraction of sp³-hybridized carbons (Fsp3) is 0.222. The number of hydrogen-bond donors (Lipinski definition) is 1. The number of methoxy groups -OCH3 is 1. The van der Waals surface area contributed by atoms with Crippen LogP contribution in [0.15, 0.2) is 42.5 Å². The van der Waals surface area contributed by atoms with Crippen molar-refractivity contribution in [1.82, 2.24) is 0 Å². The van der Waals surface area contributed by atoms with E-state index in [2.05, 4.69) is 10.1 Å². The number of nitrogens with one attached hydrogen (secondary N) is 1. The van der Waals surface area contributed by atoms with Crippen LogP contribution in [0.5, 0.6) is 0 Å². The van der Waals surface area contributed by atoms with Gasteiger partial charge in [-0.3, -0.25) is 4.79 Å². The van der Waals surface area contributed by atoms with Gasteiger partial charge in [-0.15, -0.1) is 0 Å². The molecule has 0 atom stereocenters. The largest absolute Gasteiger partial charge is 0.465 e. The average Bonchev–Trinajstić information content (AvgIpc) is 3.02. The molecule has 0 saturated carbocycles. The Hall–Kier alpha value is -2.62. The summed E-state index contributed by atoms with van der Waals surface area (Å²) >= 11 is 0. The molecule has 112 valence electrons. The lowest BCUT2D eigenvalue weighted by atomic mass is 10.1. The molecule has 0 aliphatic heterocycles. The zero-order chi connectivity index (χ0) is 15.5. The minimum Gasteiger partial charge on any atom is -0.465 e. The number of fused-ring (bicyclic) bond motifs is 1. The van der Waals surface area contributed by atoms with E-state index in [0.717, 1.165) is 19.3 Å². The van der Waals surface area contributed by atoms with E-state index in [9.17, 15) is 9.59 Å². The Morgan fingerprint density at radius 1 is 0.955 bits per heavy atom. The summed E-state index contributed by atoms with van der Waals surface area (Å²) in [5, 5.41) is 2.84. The molecule has 1 amide bonds. The third-order valence-electron chi connectivity index (χ3n) is 3.92. The summed E-state index contributed by atoms with van der Waals surface area (Å²) in [5.41, 5.74) is 4.39. The van der Waals surface area contributed by atoms with Crippen molar-refractivity contribution in [2.45, 2.75) is 19.3 Å². The first-order valence-corrected chi connectivity index (χ1v) is 7.29. The monoisotopic (exact) mass is 295 g/mol. The van der Waals surface area contributed by atoms with Gasteiger partial charge in [-0.2, -0.15) is 0 Å². The van der Waals surface area contributed by atoms with Gasteiger partial charge < -0.3 is 10.1 Å².